The lowest BCUT2D eigenvalue weighted by Gasteiger charge is -2.13. The zero-order chi connectivity index (χ0) is 20.2. The minimum absolute atomic E-state index is 0.152. The summed E-state index contributed by atoms with van der Waals surface area (Å²) in [5, 5.41) is 9.39. The van der Waals surface area contributed by atoms with Crippen LogP contribution in [0.25, 0.3) is 11.3 Å². The molecule has 0 aliphatic heterocycles. The topological polar surface area (TPSA) is 109 Å². The fraction of sp³-hybridized carbons (Fsp3) is 0.312. The van der Waals surface area contributed by atoms with Gasteiger partial charge in [-0.1, -0.05) is 12.1 Å². The molecule has 0 unspecified atom stereocenters. The largest absolute Gasteiger partial charge is 0.550 e. The summed E-state index contributed by atoms with van der Waals surface area (Å²) in [7, 11) is -3.04. The highest BCUT2D eigenvalue weighted by atomic mass is 32.2. The minimum Gasteiger partial charge on any atom is -0.550 e. The second kappa shape index (κ2) is 7.91. The van der Waals surface area contributed by atoms with Crippen molar-refractivity contribution in [3.8, 4) is 17.0 Å². The van der Waals surface area contributed by atoms with Crippen LogP contribution in [0.3, 0.4) is 0 Å². The number of ether oxygens (including phenoxy) is 1. The third-order valence-electron chi connectivity index (χ3n) is 3.45. The molecule has 146 valence electrons. The monoisotopic (exact) mass is 403 g/mol. The molecule has 2 rings (SSSR count). The number of carbonyl (C=O) groups is 1. The molecule has 0 aliphatic rings. The van der Waals surface area contributed by atoms with Crippen molar-refractivity contribution in [3.63, 3.8) is 0 Å². The molecule has 27 heavy (non-hydrogen) atoms. The Hall–Kier alpha value is -2.69. The summed E-state index contributed by atoms with van der Waals surface area (Å²) in [5.41, 5.74) is -1.57. The number of halogens is 3. The van der Waals surface area contributed by atoms with Crippen molar-refractivity contribution in [2.45, 2.75) is 24.2 Å². The summed E-state index contributed by atoms with van der Waals surface area (Å²) in [5.74, 6) is -2.00. The van der Waals surface area contributed by atoms with Gasteiger partial charge >= 0.3 is 6.18 Å². The maximum absolute atomic E-state index is 13.2. The average Bonchev–Trinajstić information content (AvgIpc) is 2.60. The van der Waals surface area contributed by atoms with E-state index in [2.05, 4.69) is 9.97 Å². The average molecular weight is 403 g/mol. The summed E-state index contributed by atoms with van der Waals surface area (Å²) in [6.07, 6.45) is -5.80. The Morgan fingerprint density at radius 1 is 1.22 bits per heavy atom. The predicted octanol–water partition coefficient (Wildman–Crippen LogP) is 1.47. The van der Waals surface area contributed by atoms with Gasteiger partial charge in [0, 0.05) is 11.5 Å². The maximum atomic E-state index is 13.2. The quantitative estimate of drug-likeness (QED) is 0.644. The number of alkyl halides is 3. The number of rotatable bonds is 7. The first-order chi connectivity index (χ1) is 12.5. The van der Waals surface area contributed by atoms with Crippen LogP contribution in [0.4, 0.5) is 13.2 Å². The summed E-state index contributed by atoms with van der Waals surface area (Å²) < 4.78 is 69.2. The van der Waals surface area contributed by atoms with E-state index in [9.17, 15) is 31.5 Å². The van der Waals surface area contributed by atoms with E-state index >= 15 is 0 Å². The Morgan fingerprint density at radius 3 is 2.48 bits per heavy atom. The Balaban J connectivity index is 2.57. The van der Waals surface area contributed by atoms with Crippen LogP contribution in [0.1, 0.15) is 18.5 Å². The zero-order valence-corrected chi connectivity index (χ0v) is 14.8. The maximum Gasteiger partial charge on any atom is 0.433 e. The number of sulfone groups is 1. The highest BCUT2D eigenvalue weighted by Gasteiger charge is 2.35. The Kier molecular flexibility index (Phi) is 6.04. The standard InChI is InChI=1S/C16H15F3N2O5S/c1-26-12-6-3-2-5-10(12)11-9-13(16(17,18)19)21-15(20-11)27(24,25)8-4-7-14(22)23/h2-3,5-6,9H,4,7-8H2,1H3,(H,22,23)/p-1. The van der Waals surface area contributed by atoms with E-state index in [1.807, 2.05) is 0 Å². The molecule has 0 radical (unpaired) electrons. The Morgan fingerprint density at radius 2 is 1.89 bits per heavy atom. The summed E-state index contributed by atoms with van der Waals surface area (Å²) in [6.45, 7) is 0. The van der Waals surface area contributed by atoms with Gasteiger partial charge in [0.15, 0.2) is 0 Å². The lowest BCUT2D eigenvalue weighted by Crippen LogP contribution is -2.23. The number of hydrogen-bond donors (Lipinski definition) is 0. The van der Waals surface area contributed by atoms with Crippen molar-refractivity contribution in [2.24, 2.45) is 0 Å². The molecule has 0 N–H and O–H groups in total. The van der Waals surface area contributed by atoms with Crippen molar-refractivity contribution >= 4 is 15.8 Å². The number of methoxy groups -OCH3 is 1. The number of benzene rings is 1. The SMILES string of the molecule is COc1ccccc1-c1cc(C(F)(F)F)nc(S(=O)(=O)CCCC(=O)[O-])n1. The molecular formula is C16H14F3N2O5S-. The van der Waals surface area contributed by atoms with Crippen LogP contribution in [0.2, 0.25) is 0 Å². The van der Waals surface area contributed by atoms with Gasteiger partial charge in [0.1, 0.15) is 11.4 Å². The van der Waals surface area contributed by atoms with Gasteiger partial charge in [-0.05, 0) is 31.0 Å². The lowest BCUT2D eigenvalue weighted by atomic mass is 10.1. The predicted molar refractivity (Wildman–Crippen MR) is 85.3 cm³/mol. The van der Waals surface area contributed by atoms with E-state index in [1.54, 1.807) is 6.07 Å². The van der Waals surface area contributed by atoms with Crippen LogP contribution in [-0.4, -0.2) is 37.2 Å². The van der Waals surface area contributed by atoms with E-state index < -0.39 is 45.0 Å². The molecule has 0 fully saturated rings. The highest BCUT2D eigenvalue weighted by Crippen LogP contribution is 2.34. The number of hydrogen-bond acceptors (Lipinski definition) is 7. The molecule has 0 saturated heterocycles. The van der Waals surface area contributed by atoms with Crippen LogP contribution in [-0.2, 0) is 20.8 Å². The first-order valence-corrected chi connectivity index (χ1v) is 9.22. The van der Waals surface area contributed by atoms with Crippen molar-refractivity contribution in [1.29, 1.82) is 0 Å². The minimum atomic E-state index is -4.91. The molecule has 0 bridgehead atoms. The van der Waals surface area contributed by atoms with Crippen molar-refractivity contribution < 1.29 is 36.2 Å². The molecule has 1 heterocycles. The molecule has 0 saturated carbocycles. The van der Waals surface area contributed by atoms with E-state index in [1.165, 1.54) is 25.3 Å². The van der Waals surface area contributed by atoms with Gasteiger partial charge in [0.05, 0.1) is 18.6 Å². The normalized spacial score (nSPS) is 12.0. The van der Waals surface area contributed by atoms with Gasteiger partial charge in [-0.2, -0.15) is 13.2 Å². The zero-order valence-electron chi connectivity index (χ0n) is 14.0. The number of aliphatic carboxylic acids is 1. The van der Waals surface area contributed by atoms with E-state index in [0.29, 0.717) is 6.07 Å². The first kappa shape index (κ1) is 20.6. The summed E-state index contributed by atoms with van der Waals surface area (Å²) in [4.78, 5) is 17.3. The molecule has 1 aromatic heterocycles. The highest BCUT2D eigenvalue weighted by molar-refractivity contribution is 7.91. The molecular weight excluding hydrogens is 389 g/mol. The molecule has 0 atom stereocenters. The number of nitrogens with zero attached hydrogens (tertiary/aromatic N) is 2. The third-order valence-corrected chi connectivity index (χ3v) is 5.02. The Labute approximate surface area is 152 Å². The second-order valence-electron chi connectivity index (χ2n) is 5.41. The number of carbonyl (C=O) groups excluding carboxylic acids is 1. The molecule has 2 aromatic rings. The number of para-hydroxylation sites is 1. The van der Waals surface area contributed by atoms with Crippen molar-refractivity contribution in [1.82, 2.24) is 9.97 Å². The van der Waals surface area contributed by atoms with Gasteiger partial charge in [-0.25, -0.2) is 18.4 Å². The Bertz CT molecular complexity index is 945. The lowest BCUT2D eigenvalue weighted by molar-refractivity contribution is -0.305. The van der Waals surface area contributed by atoms with Crippen LogP contribution in [0.15, 0.2) is 35.5 Å². The fourth-order valence-corrected chi connectivity index (χ4v) is 3.38. The summed E-state index contributed by atoms with van der Waals surface area (Å²) >= 11 is 0. The van der Waals surface area contributed by atoms with Crippen LogP contribution >= 0.6 is 0 Å². The van der Waals surface area contributed by atoms with Crippen LogP contribution < -0.4 is 9.84 Å². The van der Waals surface area contributed by atoms with Crippen molar-refractivity contribution in [2.75, 3.05) is 12.9 Å². The molecule has 1 aromatic carbocycles. The molecule has 0 amide bonds. The van der Waals surface area contributed by atoms with Gasteiger partial charge in [-0.3, -0.25) is 0 Å². The van der Waals surface area contributed by atoms with Crippen molar-refractivity contribution in [3.05, 3.63) is 36.0 Å². The van der Waals surface area contributed by atoms with E-state index in [0.717, 1.165) is 0 Å². The molecule has 7 nitrogen and oxygen atoms in total. The van der Waals surface area contributed by atoms with Crippen LogP contribution in [0.5, 0.6) is 5.75 Å². The smallest absolute Gasteiger partial charge is 0.433 e. The first-order valence-electron chi connectivity index (χ1n) is 7.57. The molecule has 0 aliphatic carbocycles. The third kappa shape index (κ3) is 5.16. The fourth-order valence-electron chi connectivity index (χ4n) is 2.20. The van der Waals surface area contributed by atoms with Gasteiger partial charge < -0.3 is 14.6 Å². The van der Waals surface area contributed by atoms with E-state index in [4.69, 9.17) is 4.74 Å². The molecule has 11 heteroatoms. The molecule has 0 spiro atoms. The van der Waals surface area contributed by atoms with Gasteiger partial charge in [-0.15, -0.1) is 0 Å². The number of aromatic nitrogens is 2. The van der Waals surface area contributed by atoms with Crippen LogP contribution in [0, 0.1) is 0 Å². The van der Waals surface area contributed by atoms with Gasteiger partial charge in [0.2, 0.25) is 15.0 Å². The van der Waals surface area contributed by atoms with E-state index in [-0.39, 0.29) is 23.4 Å². The number of carboxylic acid groups (broad SMARTS) is 1. The number of carboxylic acids is 1. The van der Waals surface area contributed by atoms with Gasteiger partial charge in [0.25, 0.3) is 0 Å². The summed E-state index contributed by atoms with van der Waals surface area (Å²) in [6, 6.07) is 6.65. The second-order valence-corrected chi connectivity index (χ2v) is 7.42.